The Balaban J connectivity index is 1.14. The monoisotopic (exact) mass is 571 g/mol. The second-order valence-electron chi connectivity index (χ2n) is 10.2. The smallest absolute Gasteiger partial charge is 0.236 e. The van der Waals surface area contributed by atoms with Crippen molar-refractivity contribution in [2.45, 2.75) is 29.9 Å². The predicted molar refractivity (Wildman–Crippen MR) is 158 cm³/mol. The fraction of sp³-hybridized carbons (Fsp3) is 0.333. The summed E-state index contributed by atoms with van der Waals surface area (Å²) in [6.07, 6.45) is 7.93. The van der Waals surface area contributed by atoms with Gasteiger partial charge in [-0.25, -0.2) is 9.97 Å². The van der Waals surface area contributed by atoms with Gasteiger partial charge in [-0.1, -0.05) is 30.3 Å². The standard InChI is InChI=1S/C30H33N7O3S/c38-29(32-11-9-22-5-1-4-8-27(22)41)17-23-18-35(19-24-20-39-25-6-2-3-7-26(25)40-24)15-16-37(23)28-10-12-33-30(34-28)36-14-13-31-21-36/h1-8,10,12-14,21,23-24,41H,9,11,15-20H2,(H,32,38). The van der Waals surface area contributed by atoms with Gasteiger partial charge in [-0.3, -0.25) is 14.3 Å². The molecule has 11 heteroatoms. The maximum atomic E-state index is 13.2. The Labute approximate surface area is 244 Å². The van der Waals surface area contributed by atoms with E-state index in [4.69, 9.17) is 14.5 Å². The summed E-state index contributed by atoms with van der Waals surface area (Å²) in [5.74, 6) is 2.89. The van der Waals surface area contributed by atoms with Crippen LogP contribution in [0.3, 0.4) is 0 Å². The maximum absolute atomic E-state index is 13.2. The summed E-state index contributed by atoms with van der Waals surface area (Å²) in [7, 11) is 0. The normalized spacial score (nSPS) is 18.7. The highest BCUT2D eigenvalue weighted by atomic mass is 32.1. The molecule has 6 rings (SSSR count). The van der Waals surface area contributed by atoms with Crippen molar-refractivity contribution in [3.8, 4) is 17.4 Å². The van der Waals surface area contributed by atoms with E-state index in [0.717, 1.165) is 47.3 Å². The number of fused-ring (bicyclic) bond motifs is 1. The quantitative estimate of drug-likeness (QED) is 0.296. The molecule has 2 aliphatic rings. The Morgan fingerprint density at radius 2 is 1.90 bits per heavy atom. The van der Waals surface area contributed by atoms with Crippen LogP contribution in [0.2, 0.25) is 0 Å². The molecule has 0 saturated carbocycles. The molecular weight excluding hydrogens is 538 g/mol. The number of nitrogens with zero attached hydrogens (tertiary/aromatic N) is 6. The maximum Gasteiger partial charge on any atom is 0.236 e. The van der Waals surface area contributed by atoms with Crippen molar-refractivity contribution in [3.05, 3.63) is 85.1 Å². The van der Waals surface area contributed by atoms with Gasteiger partial charge in [0, 0.05) is 62.6 Å². The van der Waals surface area contributed by atoms with Crippen LogP contribution in [0.25, 0.3) is 5.95 Å². The van der Waals surface area contributed by atoms with E-state index in [0.29, 0.717) is 38.6 Å². The summed E-state index contributed by atoms with van der Waals surface area (Å²) in [6, 6.07) is 17.5. The van der Waals surface area contributed by atoms with Gasteiger partial charge >= 0.3 is 0 Å². The number of para-hydroxylation sites is 2. The van der Waals surface area contributed by atoms with Crippen molar-refractivity contribution in [3.63, 3.8) is 0 Å². The molecule has 1 amide bonds. The van der Waals surface area contributed by atoms with Crippen molar-refractivity contribution in [2.75, 3.05) is 44.2 Å². The van der Waals surface area contributed by atoms with Crippen LogP contribution < -0.4 is 19.7 Å². The second kappa shape index (κ2) is 12.6. The first kappa shape index (κ1) is 27.1. The average molecular weight is 572 g/mol. The number of ether oxygens (including phenoxy) is 2. The van der Waals surface area contributed by atoms with E-state index < -0.39 is 0 Å². The van der Waals surface area contributed by atoms with Crippen LogP contribution in [0.1, 0.15) is 12.0 Å². The highest BCUT2D eigenvalue weighted by molar-refractivity contribution is 7.80. The highest BCUT2D eigenvalue weighted by Gasteiger charge is 2.32. The van der Waals surface area contributed by atoms with Gasteiger partial charge in [0.1, 0.15) is 24.9 Å². The van der Waals surface area contributed by atoms with Gasteiger partial charge in [0.2, 0.25) is 11.9 Å². The largest absolute Gasteiger partial charge is 0.486 e. The van der Waals surface area contributed by atoms with Crippen LogP contribution in [-0.2, 0) is 11.2 Å². The van der Waals surface area contributed by atoms with Crippen molar-refractivity contribution in [1.82, 2.24) is 29.7 Å². The summed E-state index contributed by atoms with van der Waals surface area (Å²) in [5.41, 5.74) is 1.12. The molecule has 10 nitrogen and oxygen atoms in total. The number of anilines is 1. The summed E-state index contributed by atoms with van der Waals surface area (Å²) < 4.78 is 13.9. The van der Waals surface area contributed by atoms with E-state index in [9.17, 15) is 4.79 Å². The molecule has 4 heterocycles. The van der Waals surface area contributed by atoms with Gasteiger partial charge in [0.15, 0.2) is 11.5 Å². The molecule has 41 heavy (non-hydrogen) atoms. The molecule has 0 aliphatic carbocycles. The fourth-order valence-electron chi connectivity index (χ4n) is 5.35. The van der Waals surface area contributed by atoms with E-state index in [1.807, 2.05) is 60.8 Å². The molecule has 0 spiro atoms. The molecule has 0 bridgehead atoms. The first-order chi connectivity index (χ1) is 20.1. The third-order valence-corrected chi connectivity index (χ3v) is 7.82. The average Bonchev–Trinajstić information content (AvgIpc) is 3.54. The molecule has 1 fully saturated rings. The Kier molecular flexibility index (Phi) is 8.33. The third kappa shape index (κ3) is 6.63. The van der Waals surface area contributed by atoms with Gasteiger partial charge < -0.3 is 19.7 Å². The van der Waals surface area contributed by atoms with Crippen LogP contribution in [-0.4, -0.2) is 81.8 Å². The van der Waals surface area contributed by atoms with Crippen molar-refractivity contribution >= 4 is 24.4 Å². The minimum Gasteiger partial charge on any atom is -0.486 e. The molecule has 1 saturated heterocycles. The van der Waals surface area contributed by atoms with Crippen LogP contribution in [0.4, 0.5) is 5.82 Å². The minimum atomic E-state index is -0.0841. The Morgan fingerprint density at radius 3 is 2.76 bits per heavy atom. The predicted octanol–water partition coefficient (Wildman–Crippen LogP) is 3.03. The molecule has 212 valence electrons. The number of imidazole rings is 1. The van der Waals surface area contributed by atoms with Crippen LogP contribution in [0.5, 0.6) is 11.5 Å². The van der Waals surface area contributed by atoms with Crippen molar-refractivity contribution in [1.29, 1.82) is 0 Å². The Morgan fingerprint density at radius 1 is 1.05 bits per heavy atom. The lowest BCUT2D eigenvalue weighted by atomic mass is 10.1. The number of carbonyl (C=O) groups excluding carboxylic acids is 1. The van der Waals surface area contributed by atoms with Crippen LogP contribution >= 0.6 is 12.6 Å². The van der Waals surface area contributed by atoms with Crippen LogP contribution in [0, 0.1) is 0 Å². The highest BCUT2D eigenvalue weighted by Crippen LogP contribution is 2.31. The number of hydrogen-bond donors (Lipinski definition) is 2. The lowest BCUT2D eigenvalue weighted by Crippen LogP contribution is -2.57. The van der Waals surface area contributed by atoms with E-state index in [-0.39, 0.29) is 18.1 Å². The van der Waals surface area contributed by atoms with Gasteiger partial charge in [-0.2, -0.15) is 4.98 Å². The molecule has 4 aromatic rings. The lowest BCUT2D eigenvalue weighted by molar-refractivity contribution is -0.121. The van der Waals surface area contributed by atoms with Crippen LogP contribution in [0.15, 0.2) is 84.4 Å². The zero-order valence-corrected chi connectivity index (χ0v) is 23.6. The van der Waals surface area contributed by atoms with Gasteiger partial charge in [0.05, 0.1) is 6.04 Å². The molecule has 2 aromatic heterocycles. The van der Waals surface area contributed by atoms with E-state index in [1.165, 1.54) is 0 Å². The lowest BCUT2D eigenvalue weighted by Gasteiger charge is -2.43. The molecule has 1 N–H and O–H groups in total. The second-order valence-corrected chi connectivity index (χ2v) is 10.7. The molecule has 2 aliphatic heterocycles. The summed E-state index contributed by atoms with van der Waals surface area (Å²) in [6.45, 7) is 3.98. The SMILES string of the molecule is O=C(CC1CN(CC2COc3ccccc3O2)CCN1c1ccnc(-n2ccnc2)n1)NCCc1ccccc1S. The number of rotatable bonds is 9. The van der Waals surface area contributed by atoms with E-state index >= 15 is 0 Å². The molecule has 0 radical (unpaired) electrons. The first-order valence-corrected chi connectivity index (χ1v) is 14.3. The Hall–Kier alpha value is -4.09. The zero-order chi connectivity index (χ0) is 28.0. The number of thiol groups is 1. The number of carbonyl (C=O) groups is 1. The fourth-order valence-corrected chi connectivity index (χ4v) is 5.62. The van der Waals surface area contributed by atoms with Gasteiger partial charge in [-0.05, 0) is 36.2 Å². The Bertz CT molecular complexity index is 1470. The van der Waals surface area contributed by atoms with Gasteiger partial charge in [0.25, 0.3) is 0 Å². The summed E-state index contributed by atoms with van der Waals surface area (Å²) in [4.78, 5) is 32.0. The summed E-state index contributed by atoms with van der Waals surface area (Å²) in [5, 5.41) is 3.11. The number of nitrogens with one attached hydrogen (secondary N) is 1. The molecule has 2 unspecified atom stereocenters. The number of benzene rings is 2. The van der Waals surface area contributed by atoms with Crippen molar-refractivity contribution in [2.24, 2.45) is 0 Å². The molecule has 2 aromatic carbocycles. The third-order valence-electron chi connectivity index (χ3n) is 7.38. The molecular formula is C30H33N7O3S. The van der Waals surface area contributed by atoms with Gasteiger partial charge in [-0.15, -0.1) is 12.6 Å². The zero-order valence-electron chi connectivity index (χ0n) is 22.7. The molecule has 2 atom stereocenters. The minimum absolute atomic E-state index is 0.00793. The topological polar surface area (TPSA) is 97.6 Å². The number of amides is 1. The first-order valence-electron chi connectivity index (χ1n) is 13.8. The number of piperazine rings is 1. The summed E-state index contributed by atoms with van der Waals surface area (Å²) >= 11 is 4.53. The number of hydrogen-bond acceptors (Lipinski definition) is 9. The number of aromatic nitrogens is 4. The van der Waals surface area contributed by atoms with E-state index in [2.05, 4.69) is 37.7 Å². The van der Waals surface area contributed by atoms with Crippen molar-refractivity contribution < 1.29 is 14.3 Å². The van der Waals surface area contributed by atoms with E-state index in [1.54, 1.807) is 23.3 Å².